The van der Waals surface area contributed by atoms with E-state index >= 15 is 0 Å². The second kappa shape index (κ2) is 5.27. The van der Waals surface area contributed by atoms with E-state index in [9.17, 15) is 4.79 Å². The van der Waals surface area contributed by atoms with Crippen molar-refractivity contribution < 1.29 is 14.7 Å². The van der Waals surface area contributed by atoms with Gasteiger partial charge in [-0.2, -0.15) is 0 Å². The van der Waals surface area contributed by atoms with Gasteiger partial charge in [-0.1, -0.05) is 29.3 Å². The van der Waals surface area contributed by atoms with Crippen molar-refractivity contribution in [2.45, 2.75) is 19.9 Å². The van der Waals surface area contributed by atoms with Gasteiger partial charge in [0.15, 0.2) is 5.75 Å². The fourth-order valence-electron chi connectivity index (χ4n) is 1.03. The van der Waals surface area contributed by atoms with E-state index < -0.39 is 6.09 Å². The molecule has 0 radical (unpaired) electrons. The van der Waals surface area contributed by atoms with E-state index in [4.69, 9.17) is 33.1 Å². The summed E-state index contributed by atoms with van der Waals surface area (Å²) in [5, 5.41) is 10.2. The van der Waals surface area contributed by atoms with Crippen LogP contribution in [-0.4, -0.2) is 22.3 Å². The molecule has 0 unspecified atom stereocenters. The molecular formula is C10H11Cl2NO3. The fraction of sp³-hybridized carbons (Fsp3) is 0.300. The van der Waals surface area contributed by atoms with Gasteiger partial charge in [-0.15, -0.1) is 5.06 Å². The van der Waals surface area contributed by atoms with Crippen LogP contribution in [0.25, 0.3) is 0 Å². The van der Waals surface area contributed by atoms with Crippen LogP contribution >= 0.6 is 23.2 Å². The molecule has 0 aromatic heterocycles. The fourth-order valence-corrected chi connectivity index (χ4v) is 1.50. The zero-order chi connectivity index (χ0) is 12.3. The zero-order valence-corrected chi connectivity index (χ0v) is 10.3. The molecule has 1 aromatic carbocycles. The molecule has 0 aliphatic carbocycles. The van der Waals surface area contributed by atoms with Crippen molar-refractivity contribution in [1.82, 2.24) is 5.06 Å². The predicted molar refractivity (Wildman–Crippen MR) is 62.1 cm³/mol. The Balaban J connectivity index is 2.98. The zero-order valence-electron chi connectivity index (χ0n) is 8.78. The number of hydrogen-bond acceptors (Lipinski definition) is 2. The highest BCUT2D eigenvalue weighted by Gasteiger charge is 2.20. The molecule has 6 heteroatoms. The van der Waals surface area contributed by atoms with Crippen molar-refractivity contribution in [3.8, 4) is 5.75 Å². The Kier molecular flexibility index (Phi) is 4.26. The molecule has 0 spiro atoms. The van der Waals surface area contributed by atoms with E-state index in [0.29, 0.717) is 0 Å². The Morgan fingerprint density at radius 3 is 2.25 bits per heavy atom. The number of halogens is 2. The van der Waals surface area contributed by atoms with Crippen LogP contribution in [0.4, 0.5) is 4.79 Å². The van der Waals surface area contributed by atoms with E-state index in [-0.39, 0.29) is 21.8 Å². The van der Waals surface area contributed by atoms with E-state index in [1.54, 1.807) is 32.0 Å². The highest BCUT2D eigenvalue weighted by molar-refractivity contribution is 6.37. The maximum Gasteiger partial charge on any atom is 0.440 e. The number of amides is 1. The third-order valence-corrected chi connectivity index (χ3v) is 2.36. The summed E-state index contributed by atoms with van der Waals surface area (Å²) in [4.78, 5) is 16.1. The van der Waals surface area contributed by atoms with Gasteiger partial charge < -0.3 is 9.94 Å². The summed E-state index contributed by atoms with van der Waals surface area (Å²) < 4.78 is 0. The molecule has 0 atom stereocenters. The second-order valence-corrected chi connectivity index (χ2v) is 4.16. The maximum atomic E-state index is 10.9. The van der Waals surface area contributed by atoms with Crippen molar-refractivity contribution >= 4 is 29.3 Å². The van der Waals surface area contributed by atoms with Crippen molar-refractivity contribution in [3.63, 3.8) is 0 Å². The van der Waals surface area contributed by atoms with Crippen LogP contribution in [0.1, 0.15) is 13.8 Å². The van der Waals surface area contributed by atoms with E-state index in [1.807, 2.05) is 0 Å². The molecular weight excluding hydrogens is 253 g/mol. The SMILES string of the molecule is CC(C)N(Oc1c(Cl)cccc1Cl)C(=O)O. The van der Waals surface area contributed by atoms with Crippen LogP contribution in [0.15, 0.2) is 18.2 Å². The lowest BCUT2D eigenvalue weighted by Gasteiger charge is -2.23. The van der Waals surface area contributed by atoms with Crippen molar-refractivity contribution in [3.05, 3.63) is 28.2 Å². The third kappa shape index (κ3) is 2.93. The molecule has 0 heterocycles. The average Bonchev–Trinajstić information content (AvgIpc) is 2.15. The summed E-state index contributed by atoms with van der Waals surface area (Å²) in [6.07, 6.45) is -1.20. The molecule has 0 aliphatic rings. The Hall–Kier alpha value is -1.13. The van der Waals surface area contributed by atoms with Gasteiger partial charge >= 0.3 is 6.09 Å². The molecule has 4 nitrogen and oxygen atoms in total. The van der Waals surface area contributed by atoms with Gasteiger partial charge in [-0.3, -0.25) is 0 Å². The van der Waals surface area contributed by atoms with Gasteiger partial charge in [-0.05, 0) is 26.0 Å². The number of nitrogens with zero attached hydrogens (tertiary/aromatic N) is 1. The van der Waals surface area contributed by atoms with E-state index in [0.717, 1.165) is 5.06 Å². The Morgan fingerprint density at radius 2 is 1.88 bits per heavy atom. The minimum absolute atomic E-state index is 0.141. The standard InChI is InChI=1S/C10H11Cl2NO3/c1-6(2)13(10(14)15)16-9-7(11)4-3-5-8(9)12/h3-6H,1-2H3,(H,14,15). The molecule has 1 rings (SSSR count). The number of carbonyl (C=O) groups is 1. The topological polar surface area (TPSA) is 49.8 Å². The summed E-state index contributed by atoms with van der Waals surface area (Å²) in [6, 6.07) is 4.45. The lowest BCUT2D eigenvalue weighted by Crippen LogP contribution is -2.38. The number of rotatable bonds is 3. The number of para-hydroxylation sites is 1. The van der Waals surface area contributed by atoms with Gasteiger partial charge in [-0.25, -0.2) is 4.79 Å². The quantitative estimate of drug-likeness (QED) is 0.847. The van der Waals surface area contributed by atoms with Crippen LogP contribution < -0.4 is 4.84 Å². The van der Waals surface area contributed by atoms with Crippen molar-refractivity contribution in [2.75, 3.05) is 0 Å². The van der Waals surface area contributed by atoms with Crippen molar-refractivity contribution in [2.24, 2.45) is 0 Å². The largest absolute Gasteiger partial charge is 0.463 e. The van der Waals surface area contributed by atoms with Crippen molar-refractivity contribution in [1.29, 1.82) is 0 Å². The molecule has 0 bridgehead atoms. The van der Waals surface area contributed by atoms with Crippen LogP contribution in [0.5, 0.6) is 5.75 Å². The molecule has 1 N–H and O–H groups in total. The Bertz CT molecular complexity index is 375. The summed E-state index contributed by atoms with van der Waals surface area (Å²) in [5.41, 5.74) is 0. The van der Waals surface area contributed by atoms with Gasteiger partial charge in [0.1, 0.15) is 0 Å². The smallest absolute Gasteiger partial charge is 0.440 e. The first kappa shape index (κ1) is 12.9. The normalized spacial score (nSPS) is 10.3. The first-order chi connectivity index (χ1) is 7.43. The second-order valence-electron chi connectivity index (χ2n) is 3.34. The highest BCUT2D eigenvalue weighted by Crippen LogP contribution is 2.33. The molecule has 0 fully saturated rings. The third-order valence-electron chi connectivity index (χ3n) is 1.77. The van der Waals surface area contributed by atoms with Gasteiger partial charge in [0, 0.05) is 0 Å². The van der Waals surface area contributed by atoms with E-state index in [2.05, 4.69) is 0 Å². The molecule has 16 heavy (non-hydrogen) atoms. The summed E-state index contributed by atoms with van der Waals surface area (Å²) in [7, 11) is 0. The predicted octanol–water partition coefficient (Wildman–Crippen LogP) is 3.68. The molecule has 1 amide bonds. The first-order valence-electron chi connectivity index (χ1n) is 4.57. The summed E-state index contributed by atoms with van der Waals surface area (Å²) in [5.74, 6) is 0.141. The number of hydrogen-bond donors (Lipinski definition) is 1. The minimum Gasteiger partial charge on any atom is -0.463 e. The lowest BCUT2D eigenvalue weighted by molar-refractivity contribution is -0.0585. The Labute approximate surface area is 103 Å². The van der Waals surface area contributed by atoms with Crippen LogP contribution in [0.3, 0.4) is 0 Å². The lowest BCUT2D eigenvalue weighted by atomic mass is 10.3. The Morgan fingerprint density at radius 1 is 1.38 bits per heavy atom. The number of carboxylic acid groups (broad SMARTS) is 1. The van der Waals surface area contributed by atoms with Gasteiger partial charge in [0.05, 0.1) is 16.1 Å². The monoisotopic (exact) mass is 263 g/mol. The molecule has 1 aromatic rings. The van der Waals surface area contributed by atoms with Crippen LogP contribution in [0, 0.1) is 0 Å². The average molecular weight is 264 g/mol. The molecule has 88 valence electrons. The maximum absolute atomic E-state index is 10.9. The van der Waals surface area contributed by atoms with E-state index in [1.165, 1.54) is 0 Å². The van der Waals surface area contributed by atoms with Gasteiger partial charge in [0.25, 0.3) is 0 Å². The highest BCUT2D eigenvalue weighted by atomic mass is 35.5. The van der Waals surface area contributed by atoms with Gasteiger partial charge in [0.2, 0.25) is 0 Å². The number of benzene rings is 1. The van der Waals surface area contributed by atoms with Crippen LogP contribution in [0.2, 0.25) is 10.0 Å². The van der Waals surface area contributed by atoms with Crippen LogP contribution in [-0.2, 0) is 0 Å². The summed E-state index contributed by atoms with van der Waals surface area (Å²) in [6.45, 7) is 3.36. The molecule has 0 aliphatic heterocycles. The molecule has 0 saturated carbocycles. The first-order valence-corrected chi connectivity index (χ1v) is 5.33. The minimum atomic E-state index is -1.20. The number of hydroxylamine groups is 2. The molecule has 0 saturated heterocycles. The summed E-state index contributed by atoms with van der Waals surface area (Å²) >= 11 is 11.7.